The smallest absolute Gasteiger partial charge is 0.308 e. The highest BCUT2D eigenvalue weighted by molar-refractivity contribution is 6.35. The van der Waals surface area contributed by atoms with E-state index < -0.39 is 12.2 Å². The van der Waals surface area contributed by atoms with Crippen molar-refractivity contribution in [3.8, 4) is 5.75 Å². The number of hydrogen-bond donors (Lipinski definition) is 0. The van der Waals surface area contributed by atoms with Crippen molar-refractivity contribution in [3.05, 3.63) is 28.2 Å². The molecule has 0 saturated heterocycles. The Morgan fingerprint density at radius 2 is 1.87 bits per heavy atom. The van der Waals surface area contributed by atoms with E-state index in [-0.39, 0.29) is 18.0 Å². The van der Waals surface area contributed by atoms with Crippen LogP contribution < -0.4 is 4.74 Å². The van der Waals surface area contributed by atoms with Crippen LogP contribution in [0.1, 0.15) is 34.1 Å². The van der Waals surface area contributed by atoms with Crippen molar-refractivity contribution in [3.63, 3.8) is 0 Å². The van der Waals surface area contributed by atoms with Crippen LogP contribution in [0.5, 0.6) is 5.75 Å². The van der Waals surface area contributed by atoms with Gasteiger partial charge in [-0.2, -0.15) is 0 Å². The fourth-order valence-electron chi connectivity index (χ4n) is 2.11. The highest BCUT2D eigenvalue weighted by atomic mass is 35.5. The van der Waals surface area contributed by atoms with E-state index in [4.69, 9.17) is 37.4 Å². The summed E-state index contributed by atoms with van der Waals surface area (Å²) < 4.78 is 17.0. The zero-order valence-corrected chi connectivity index (χ0v) is 15.6. The first kappa shape index (κ1) is 20.1. The Kier molecular flexibility index (Phi) is 8.17. The summed E-state index contributed by atoms with van der Waals surface area (Å²) in [6.07, 6.45) is -0.500. The van der Waals surface area contributed by atoms with Crippen LogP contribution in [-0.4, -0.2) is 31.4 Å². The summed E-state index contributed by atoms with van der Waals surface area (Å²) in [4.78, 5) is 11.9. The second kappa shape index (κ2) is 9.36. The van der Waals surface area contributed by atoms with Crippen LogP contribution in [-0.2, 0) is 14.3 Å². The van der Waals surface area contributed by atoms with E-state index in [1.165, 1.54) is 0 Å². The van der Waals surface area contributed by atoms with Crippen molar-refractivity contribution in [2.45, 2.75) is 52.4 Å². The SMILES string of the molecule is CC[C@H](OC)[C@@H](Oc1ccc(Cl)cc1Cl)[C@H](C)OC(=O)C(C)C. The van der Waals surface area contributed by atoms with Gasteiger partial charge in [0.05, 0.1) is 17.0 Å². The Balaban J connectivity index is 2.98. The van der Waals surface area contributed by atoms with E-state index in [0.717, 1.165) is 0 Å². The van der Waals surface area contributed by atoms with Crippen molar-refractivity contribution in [2.75, 3.05) is 7.11 Å². The van der Waals surface area contributed by atoms with Gasteiger partial charge in [0.25, 0.3) is 0 Å². The van der Waals surface area contributed by atoms with Crippen LogP contribution in [0.2, 0.25) is 10.0 Å². The van der Waals surface area contributed by atoms with E-state index in [9.17, 15) is 4.79 Å². The Bertz CT molecular complexity index is 515. The maximum Gasteiger partial charge on any atom is 0.308 e. The second-order valence-electron chi connectivity index (χ2n) is 5.64. The van der Waals surface area contributed by atoms with Crippen LogP contribution in [0.3, 0.4) is 0 Å². The number of halogens is 2. The van der Waals surface area contributed by atoms with Gasteiger partial charge in [0.1, 0.15) is 11.9 Å². The van der Waals surface area contributed by atoms with Gasteiger partial charge in [0, 0.05) is 12.1 Å². The van der Waals surface area contributed by atoms with Crippen molar-refractivity contribution < 1.29 is 19.0 Å². The summed E-state index contributed by atoms with van der Waals surface area (Å²) in [5, 5.41) is 0.924. The van der Waals surface area contributed by atoms with Gasteiger partial charge in [0.15, 0.2) is 6.10 Å². The molecule has 0 fully saturated rings. The van der Waals surface area contributed by atoms with Gasteiger partial charge >= 0.3 is 5.97 Å². The van der Waals surface area contributed by atoms with E-state index in [2.05, 4.69) is 0 Å². The molecule has 3 atom stereocenters. The molecule has 0 heterocycles. The molecule has 23 heavy (non-hydrogen) atoms. The molecule has 0 aromatic heterocycles. The molecular weight excluding hydrogens is 339 g/mol. The molecule has 0 saturated carbocycles. The van der Waals surface area contributed by atoms with Gasteiger partial charge in [-0.3, -0.25) is 4.79 Å². The molecule has 6 heteroatoms. The van der Waals surface area contributed by atoms with E-state index >= 15 is 0 Å². The average Bonchev–Trinajstić information content (AvgIpc) is 2.49. The Morgan fingerprint density at radius 1 is 1.22 bits per heavy atom. The number of carbonyl (C=O) groups is 1. The summed E-state index contributed by atoms with van der Waals surface area (Å²) in [7, 11) is 1.60. The molecule has 0 unspecified atom stereocenters. The number of esters is 1. The molecule has 0 bridgehead atoms. The summed E-state index contributed by atoms with van der Waals surface area (Å²) in [5.74, 6) is -0.0110. The average molecular weight is 363 g/mol. The lowest BCUT2D eigenvalue weighted by Gasteiger charge is -2.31. The minimum absolute atomic E-state index is 0.208. The monoisotopic (exact) mass is 362 g/mol. The number of benzene rings is 1. The molecule has 0 radical (unpaired) electrons. The third-order valence-corrected chi connectivity index (χ3v) is 4.00. The first-order chi connectivity index (χ1) is 10.8. The maximum atomic E-state index is 11.9. The largest absolute Gasteiger partial charge is 0.482 e. The highest BCUT2D eigenvalue weighted by Crippen LogP contribution is 2.30. The normalized spacial score (nSPS) is 15.1. The number of methoxy groups -OCH3 is 1. The van der Waals surface area contributed by atoms with E-state index in [0.29, 0.717) is 22.2 Å². The molecule has 1 aromatic rings. The van der Waals surface area contributed by atoms with Crippen LogP contribution in [0, 0.1) is 5.92 Å². The van der Waals surface area contributed by atoms with Gasteiger partial charge in [-0.1, -0.05) is 44.0 Å². The van der Waals surface area contributed by atoms with Crippen molar-refractivity contribution in [1.29, 1.82) is 0 Å². The molecule has 1 aromatic carbocycles. The zero-order chi connectivity index (χ0) is 17.6. The quantitative estimate of drug-likeness (QED) is 0.625. The molecule has 0 aliphatic heterocycles. The minimum atomic E-state index is -0.485. The van der Waals surface area contributed by atoms with E-state index in [1.807, 2.05) is 6.92 Å². The lowest BCUT2D eigenvalue weighted by molar-refractivity contribution is -0.161. The zero-order valence-electron chi connectivity index (χ0n) is 14.1. The Hall–Kier alpha value is -0.970. The second-order valence-corrected chi connectivity index (χ2v) is 6.48. The summed E-state index contributed by atoms with van der Waals surface area (Å²) in [6, 6.07) is 4.99. The van der Waals surface area contributed by atoms with Crippen molar-refractivity contribution in [1.82, 2.24) is 0 Å². The lowest BCUT2D eigenvalue weighted by Crippen LogP contribution is -2.44. The molecule has 1 rings (SSSR count). The standard InChI is InChI=1S/C17H24Cl2O4/c1-6-14(21-5)16(11(4)22-17(20)10(2)3)23-15-8-7-12(18)9-13(15)19/h7-11,14,16H,6H2,1-5H3/t11-,14-,16-/m0/s1. The van der Waals surface area contributed by atoms with Gasteiger partial charge < -0.3 is 14.2 Å². The van der Waals surface area contributed by atoms with Crippen LogP contribution in [0.15, 0.2) is 18.2 Å². The van der Waals surface area contributed by atoms with Crippen molar-refractivity contribution >= 4 is 29.2 Å². The van der Waals surface area contributed by atoms with Crippen LogP contribution in [0.25, 0.3) is 0 Å². The maximum absolute atomic E-state index is 11.9. The van der Waals surface area contributed by atoms with E-state index in [1.54, 1.807) is 46.1 Å². The third-order valence-electron chi connectivity index (χ3n) is 3.46. The van der Waals surface area contributed by atoms with Crippen molar-refractivity contribution in [2.24, 2.45) is 5.92 Å². The number of hydrogen-bond acceptors (Lipinski definition) is 4. The number of carbonyl (C=O) groups excluding carboxylic acids is 1. The minimum Gasteiger partial charge on any atom is -0.482 e. The molecule has 4 nitrogen and oxygen atoms in total. The first-order valence-electron chi connectivity index (χ1n) is 7.65. The topological polar surface area (TPSA) is 44.8 Å². The first-order valence-corrected chi connectivity index (χ1v) is 8.40. The summed E-state index contributed by atoms with van der Waals surface area (Å²) in [5.41, 5.74) is 0. The lowest BCUT2D eigenvalue weighted by atomic mass is 10.1. The fourth-order valence-corrected chi connectivity index (χ4v) is 2.56. The fraction of sp³-hybridized carbons (Fsp3) is 0.588. The molecule has 0 amide bonds. The van der Waals surface area contributed by atoms with Gasteiger partial charge in [-0.25, -0.2) is 0 Å². The highest BCUT2D eigenvalue weighted by Gasteiger charge is 2.31. The molecule has 0 aliphatic carbocycles. The molecule has 0 aliphatic rings. The number of ether oxygens (including phenoxy) is 3. The Labute approximate surface area is 148 Å². The molecular formula is C17H24Cl2O4. The third kappa shape index (κ3) is 5.87. The van der Waals surface area contributed by atoms with Gasteiger partial charge in [0.2, 0.25) is 0 Å². The molecule has 0 spiro atoms. The van der Waals surface area contributed by atoms with Crippen LogP contribution >= 0.6 is 23.2 Å². The predicted octanol–water partition coefficient (Wildman–Crippen LogP) is 4.75. The number of rotatable bonds is 8. The van der Waals surface area contributed by atoms with Crippen LogP contribution in [0.4, 0.5) is 0 Å². The molecule has 130 valence electrons. The summed E-state index contributed by atoms with van der Waals surface area (Å²) >= 11 is 12.1. The molecule has 0 N–H and O–H groups in total. The van der Waals surface area contributed by atoms with Gasteiger partial charge in [-0.15, -0.1) is 0 Å². The predicted molar refractivity (Wildman–Crippen MR) is 92.4 cm³/mol. The summed E-state index contributed by atoms with van der Waals surface area (Å²) in [6.45, 7) is 7.34. The van der Waals surface area contributed by atoms with Gasteiger partial charge in [-0.05, 0) is 31.5 Å². The Morgan fingerprint density at radius 3 is 2.35 bits per heavy atom.